The van der Waals surface area contributed by atoms with E-state index in [2.05, 4.69) is 6.92 Å². The number of carbonyl (C=O) groups excluding carboxylic acids is 3. The molecule has 0 radical (unpaired) electrons. The molecule has 1 heterocycles. The van der Waals surface area contributed by atoms with Crippen molar-refractivity contribution in [2.45, 2.75) is 155 Å². The lowest BCUT2D eigenvalue weighted by Crippen LogP contribution is -2.58. The number of ether oxygens (including phenoxy) is 6. The van der Waals surface area contributed by atoms with Crippen LogP contribution in [0.25, 0.3) is 0 Å². The quantitative estimate of drug-likeness (QED) is 0.0380. The van der Waals surface area contributed by atoms with Gasteiger partial charge in [-0.25, -0.2) is 0 Å². The Hall–Kier alpha value is -3.60. The molecule has 6 atom stereocenters. The van der Waals surface area contributed by atoms with E-state index < -0.39 is 54.5 Å². The third-order valence-electron chi connectivity index (χ3n) is 9.85. The maximum absolute atomic E-state index is 12.2. The van der Waals surface area contributed by atoms with E-state index in [1.165, 1.54) is 97.8 Å². The maximum Gasteiger partial charge on any atom is 0.303 e. The zero-order valence-electron chi connectivity index (χ0n) is 34.1. The third kappa shape index (κ3) is 18.3. The lowest BCUT2D eigenvalue weighted by atomic mass is 9.90. The number of esters is 3. The summed E-state index contributed by atoms with van der Waals surface area (Å²) in [7, 11) is 0. The number of hydrogen-bond acceptors (Lipinski definition) is 10. The van der Waals surface area contributed by atoms with Crippen molar-refractivity contribution in [2.75, 3.05) is 26.4 Å². The van der Waals surface area contributed by atoms with Crippen LogP contribution in [0.5, 0.6) is 0 Å². The monoisotopic (exact) mass is 765 g/mol. The molecule has 1 aliphatic heterocycles. The molecule has 0 aliphatic carbocycles. The molecule has 10 nitrogen and oxygen atoms in total. The summed E-state index contributed by atoms with van der Waals surface area (Å²) in [6.07, 6.45) is 14.5. The summed E-state index contributed by atoms with van der Waals surface area (Å²) in [4.78, 5) is 41.2. The highest BCUT2D eigenvalue weighted by molar-refractivity contribution is 6.13. The van der Waals surface area contributed by atoms with Gasteiger partial charge in [0.2, 0.25) is 0 Å². The molecule has 2 aromatic carbocycles. The summed E-state index contributed by atoms with van der Waals surface area (Å²) in [6.45, 7) is 8.77. The Morgan fingerprint density at radius 1 is 0.655 bits per heavy atom. The first-order chi connectivity index (χ1) is 26.7. The molecular weight excluding hydrogens is 698 g/mol. The second-order valence-electron chi connectivity index (χ2n) is 14.7. The molecule has 0 bridgehead atoms. The summed E-state index contributed by atoms with van der Waals surface area (Å²) < 4.78 is 35.4. The lowest BCUT2D eigenvalue weighted by Gasteiger charge is -2.43. The molecule has 0 N–H and O–H groups in total. The Bertz CT molecular complexity index is 1340. The smallest absolute Gasteiger partial charge is 0.303 e. The molecule has 306 valence electrons. The molecule has 0 amide bonds. The van der Waals surface area contributed by atoms with E-state index in [0.29, 0.717) is 13.2 Å². The second kappa shape index (κ2) is 27.1. The molecule has 1 fully saturated rings. The highest BCUT2D eigenvalue weighted by Crippen LogP contribution is 2.32. The van der Waals surface area contributed by atoms with Gasteiger partial charge in [-0.15, -0.1) is 0 Å². The highest BCUT2D eigenvalue weighted by Gasteiger charge is 2.48. The second-order valence-corrected chi connectivity index (χ2v) is 14.7. The Balaban J connectivity index is 1.66. The van der Waals surface area contributed by atoms with Gasteiger partial charge in [0.05, 0.1) is 25.0 Å². The maximum atomic E-state index is 12.2. The Kier molecular flexibility index (Phi) is 22.5. The van der Waals surface area contributed by atoms with Crippen LogP contribution in [0.4, 0.5) is 0 Å². The lowest BCUT2D eigenvalue weighted by molar-refractivity contribution is -0.294. The third-order valence-corrected chi connectivity index (χ3v) is 9.85. The Morgan fingerprint density at radius 2 is 1.15 bits per heavy atom. The minimum atomic E-state index is -1.05. The SMILES string of the molecule is CCCCCCCCCCCCCCCCOC[C@H](COC1OC(COC(C)=O)C(OC(C)=O)C(C)C1OC(C)=O)N=C(c1ccccc1)c1ccccc1. The van der Waals surface area contributed by atoms with Gasteiger partial charge in [-0.05, 0) is 6.42 Å². The van der Waals surface area contributed by atoms with Crippen molar-refractivity contribution in [2.24, 2.45) is 10.9 Å². The fourth-order valence-electron chi connectivity index (χ4n) is 6.93. The van der Waals surface area contributed by atoms with Crippen LogP contribution in [0, 0.1) is 5.92 Å². The van der Waals surface area contributed by atoms with Crippen molar-refractivity contribution in [3.63, 3.8) is 0 Å². The topological polar surface area (TPSA) is 119 Å². The number of hydrogen-bond donors (Lipinski definition) is 0. The first-order valence-corrected chi connectivity index (χ1v) is 20.7. The van der Waals surface area contributed by atoms with Crippen molar-refractivity contribution in [1.29, 1.82) is 0 Å². The van der Waals surface area contributed by atoms with Crippen LogP contribution in [-0.4, -0.2) is 80.7 Å². The van der Waals surface area contributed by atoms with Gasteiger partial charge in [-0.2, -0.15) is 0 Å². The van der Waals surface area contributed by atoms with E-state index in [4.69, 9.17) is 33.4 Å². The number of benzene rings is 2. The first-order valence-electron chi connectivity index (χ1n) is 20.7. The fraction of sp³-hybridized carbons (Fsp3) is 0.644. The summed E-state index contributed by atoms with van der Waals surface area (Å²) in [5.74, 6) is -2.10. The molecule has 1 aliphatic rings. The standard InChI is InChI=1S/C45H67NO9/c1-6-7-8-9-10-11-12-13-14-15-16-17-18-25-30-50-31-40(46-42(38-26-21-19-22-27-38)39-28-23-20-24-29-39)32-52-45-44(54-37(5)49)34(2)43(53-36(4)48)41(55-45)33-51-35(3)47/h19-24,26-29,34,40-41,43-45H,6-18,25,30-33H2,1-5H3/t34?,40-,41?,43?,44?,45?/m1/s1. The molecular formula is C45H67NO9. The summed E-state index contributed by atoms with van der Waals surface area (Å²) in [5.41, 5.74) is 2.71. The van der Waals surface area contributed by atoms with Crippen molar-refractivity contribution >= 4 is 23.6 Å². The average molecular weight is 766 g/mol. The first kappa shape index (κ1) is 45.8. The van der Waals surface area contributed by atoms with E-state index in [0.717, 1.165) is 29.7 Å². The van der Waals surface area contributed by atoms with Gasteiger partial charge in [0, 0.05) is 44.4 Å². The zero-order valence-corrected chi connectivity index (χ0v) is 34.1. The van der Waals surface area contributed by atoms with Crippen molar-refractivity contribution in [3.05, 3.63) is 71.8 Å². The van der Waals surface area contributed by atoms with Gasteiger partial charge in [-0.1, -0.05) is 158 Å². The predicted molar refractivity (Wildman–Crippen MR) is 215 cm³/mol. The summed E-state index contributed by atoms with van der Waals surface area (Å²) in [5, 5.41) is 0. The van der Waals surface area contributed by atoms with Crippen molar-refractivity contribution in [3.8, 4) is 0 Å². The van der Waals surface area contributed by atoms with Gasteiger partial charge < -0.3 is 28.4 Å². The molecule has 55 heavy (non-hydrogen) atoms. The van der Waals surface area contributed by atoms with Crippen LogP contribution in [0.2, 0.25) is 0 Å². The van der Waals surface area contributed by atoms with Crippen molar-refractivity contribution < 1.29 is 42.8 Å². The highest BCUT2D eigenvalue weighted by atomic mass is 16.7. The van der Waals surface area contributed by atoms with E-state index in [1.54, 1.807) is 6.92 Å². The van der Waals surface area contributed by atoms with Crippen LogP contribution in [0.1, 0.15) is 136 Å². The minimum absolute atomic E-state index is 0.0789. The van der Waals surface area contributed by atoms with E-state index in [1.807, 2.05) is 60.7 Å². The van der Waals surface area contributed by atoms with Crippen LogP contribution in [0.15, 0.2) is 65.7 Å². The molecule has 0 saturated carbocycles. The molecule has 10 heteroatoms. The molecule has 2 aromatic rings. The Labute approximate surface area is 330 Å². The van der Waals surface area contributed by atoms with Gasteiger partial charge in [0.15, 0.2) is 12.4 Å². The Morgan fingerprint density at radius 3 is 1.64 bits per heavy atom. The number of aliphatic imine (C=N–C) groups is 1. The van der Waals surface area contributed by atoms with Crippen LogP contribution in [0.3, 0.4) is 0 Å². The molecule has 1 saturated heterocycles. The van der Waals surface area contributed by atoms with Crippen LogP contribution in [-0.2, 0) is 42.8 Å². The summed E-state index contributed by atoms with van der Waals surface area (Å²) >= 11 is 0. The van der Waals surface area contributed by atoms with Crippen molar-refractivity contribution in [1.82, 2.24) is 0 Å². The fourth-order valence-corrected chi connectivity index (χ4v) is 6.93. The van der Waals surface area contributed by atoms with Gasteiger partial charge in [0.1, 0.15) is 18.8 Å². The molecule has 0 aromatic heterocycles. The van der Waals surface area contributed by atoms with Crippen LogP contribution >= 0.6 is 0 Å². The van der Waals surface area contributed by atoms with Gasteiger partial charge >= 0.3 is 17.9 Å². The normalized spacial score (nSPS) is 20.0. The largest absolute Gasteiger partial charge is 0.463 e. The predicted octanol–water partition coefficient (Wildman–Crippen LogP) is 9.19. The zero-order chi connectivity index (χ0) is 39.7. The van der Waals surface area contributed by atoms with E-state index >= 15 is 0 Å². The number of carbonyl (C=O) groups is 3. The molecule has 3 rings (SSSR count). The molecule has 0 spiro atoms. The molecule has 5 unspecified atom stereocenters. The van der Waals surface area contributed by atoms with E-state index in [-0.39, 0.29) is 13.2 Å². The van der Waals surface area contributed by atoms with Crippen LogP contribution < -0.4 is 0 Å². The number of unbranched alkanes of at least 4 members (excludes halogenated alkanes) is 13. The van der Waals surface area contributed by atoms with Gasteiger partial charge in [0.25, 0.3) is 0 Å². The average Bonchev–Trinajstić information content (AvgIpc) is 3.17. The number of rotatable bonds is 27. The van der Waals surface area contributed by atoms with E-state index in [9.17, 15) is 14.4 Å². The summed E-state index contributed by atoms with van der Waals surface area (Å²) in [6, 6.07) is 19.5. The minimum Gasteiger partial charge on any atom is -0.463 e. The number of nitrogens with zero attached hydrogens (tertiary/aromatic N) is 1. The van der Waals surface area contributed by atoms with Gasteiger partial charge in [-0.3, -0.25) is 19.4 Å².